The number of methoxy groups -OCH3 is 5. The smallest absolute Gasteiger partial charge is 0.342 e. The normalized spacial score (nSPS) is 10.5. The van der Waals surface area contributed by atoms with E-state index >= 15 is 0 Å². The summed E-state index contributed by atoms with van der Waals surface area (Å²) in [7, 11) is 7.04. The number of hydrogen-bond donors (Lipinski definition) is 0. The van der Waals surface area contributed by atoms with Crippen molar-refractivity contribution in [1.82, 2.24) is 19.9 Å². The number of nitrogens with zero attached hydrogens (tertiary/aromatic N) is 4. The molecule has 0 saturated carbocycles. The highest BCUT2D eigenvalue weighted by molar-refractivity contribution is 5.92. The van der Waals surface area contributed by atoms with Gasteiger partial charge >= 0.3 is 18.0 Å². The Morgan fingerprint density at radius 3 is 1.69 bits per heavy atom. The van der Waals surface area contributed by atoms with Crippen molar-refractivity contribution in [2.75, 3.05) is 42.3 Å². The summed E-state index contributed by atoms with van der Waals surface area (Å²) in [5, 5.41) is 0. The zero-order chi connectivity index (χ0) is 34.6. The Labute approximate surface area is 281 Å². The molecule has 0 atom stereocenters. The first-order valence-electron chi connectivity index (χ1n) is 14.5. The average Bonchev–Trinajstić information content (AvgIpc) is 3.14. The van der Waals surface area contributed by atoms with Gasteiger partial charge in [0.05, 0.1) is 28.4 Å². The van der Waals surface area contributed by atoms with Gasteiger partial charge in [-0.1, -0.05) is 54.6 Å². The Bertz CT molecular complexity index is 1850. The standard InChI is InChI=1S/C34H32N4O11/c1-40-20-46-31-27(47-25-18-12-11-17-24(25)41-2)30(44-5)37-34(38-31)49-26-28(42-3)35-33(36-29(26)43-4)48-23-16-10-9-15-22(23)32(39)45-19-21-13-7-6-8-14-21/h6-18H,19-20H2,1-5H3. The van der Waals surface area contributed by atoms with Gasteiger partial charge in [-0.2, -0.15) is 19.9 Å². The maximum atomic E-state index is 13.0. The van der Waals surface area contributed by atoms with E-state index in [1.54, 1.807) is 48.5 Å². The monoisotopic (exact) mass is 672 g/mol. The summed E-state index contributed by atoms with van der Waals surface area (Å²) in [4.78, 5) is 30.2. The Morgan fingerprint density at radius 2 is 1.08 bits per heavy atom. The average molecular weight is 673 g/mol. The van der Waals surface area contributed by atoms with Crippen molar-refractivity contribution in [2.24, 2.45) is 0 Å². The lowest BCUT2D eigenvalue weighted by molar-refractivity contribution is 0.0450. The number of hydrogen-bond acceptors (Lipinski definition) is 15. The summed E-state index contributed by atoms with van der Waals surface area (Å²) in [5.74, 6) is -0.0944. The van der Waals surface area contributed by atoms with Crippen molar-refractivity contribution < 1.29 is 52.2 Å². The lowest BCUT2D eigenvalue weighted by Crippen LogP contribution is -2.09. The number of esters is 1. The lowest BCUT2D eigenvalue weighted by Gasteiger charge is -2.17. The van der Waals surface area contributed by atoms with Gasteiger partial charge < -0.3 is 47.4 Å². The predicted molar refractivity (Wildman–Crippen MR) is 171 cm³/mol. The molecular formula is C34H32N4O11. The van der Waals surface area contributed by atoms with Gasteiger partial charge in [-0.15, -0.1) is 0 Å². The highest BCUT2D eigenvalue weighted by Gasteiger charge is 2.26. The number of carbonyl (C=O) groups is 1. The van der Waals surface area contributed by atoms with Crippen LogP contribution in [0, 0.1) is 0 Å². The van der Waals surface area contributed by atoms with Gasteiger partial charge in [0.15, 0.2) is 18.3 Å². The summed E-state index contributed by atoms with van der Waals surface area (Å²) >= 11 is 0. The van der Waals surface area contributed by atoms with E-state index < -0.39 is 5.97 Å². The number of aromatic nitrogens is 4. The molecule has 5 aromatic rings. The van der Waals surface area contributed by atoms with E-state index in [2.05, 4.69) is 19.9 Å². The molecule has 5 rings (SSSR count). The highest BCUT2D eigenvalue weighted by atomic mass is 16.7. The molecule has 0 radical (unpaired) electrons. The van der Waals surface area contributed by atoms with Crippen LogP contribution in [0.2, 0.25) is 0 Å². The summed E-state index contributed by atoms with van der Waals surface area (Å²) in [5.41, 5.74) is 0.986. The number of benzene rings is 3. The van der Waals surface area contributed by atoms with Gasteiger partial charge in [0.25, 0.3) is 35.0 Å². The Hall–Kier alpha value is -6.35. The first-order chi connectivity index (χ1) is 24.0. The van der Waals surface area contributed by atoms with E-state index in [4.69, 9.17) is 47.4 Å². The molecule has 15 heteroatoms. The zero-order valence-corrected chi connectivity index (χ0v) is 27.2. The van der Waals surface area contributed by atoms with Crippen LogP contribution in [0.25, 0.3) is 0 Å². The van der Waals surface area contributed by atoms with Crippen LogP contribution in [0.1, 0.15) is 15.9 Å². The molecule has 2 aromatic heterocycles. The van der Waals surface area contributed by atoms with Crippen LogP contribution in [-0.4, -0.2) is 68.2 Å². The van der Waals surface area contributed by atoms with Crippen molar-refractivity contribution in [3.05, 3.63) is 90.0 Å². The van der Waals surface area contributed by atoms with Gasteiger partial charge in [-0.25, -0.2) is 4.79 Å². The summed E-state index contributed by atoms with van der Waals surface area (Å²) in [6, 6.07) is 22.3. The van der Waals surface area contributed by atoms with Crippen LogP contribution in [-0.2, 0) is 16.1 Å². The van der Waals surface area contributed by atoms with Gasteiger partial charge in [0.2, 0.25) is 0 Å². The minimum Gasteiger partial charge on any atom is -0.493 e. The Kier molecular flexibility index (Phi) is 11.4. The van der Waals surface area contributed by atoms with Crippen LogP contribution >= 0.6 is 0 Å². The Balaban J connectivity index is 1.43. The molecule has 0 saturated heterocycles. The minimum absolute atomic E-state index is 0.0243. The number of ether oxygens (including phenoxy) is 10. The largest absolute Gasteiger partial charge is 0.493 e. The zero-order valence-electron chi connectivity index (χ0n) is 27.2. The SMILES string of the molecule is COCOc1nc(Oc2c(OC)nc(Oc3ccccc3C(=O)OCc3ccccc3)nc2OC)nc(OC)c1Oc1ccccc1OC. The predicted octanol–water partition coefficient (Wildman–Crippen LogP) is 6.02. The van der Waals surface area contributed by atoms with Crippen LogP contribution in [0.3, 0.4) is 0 Å². The van der Waals surface area contributed by atoms with Crippen LogP contribution in [0.5, 0.6) is 64.3 Å². The first-order valence-corrected chi connectivity index (χ1v) is 14.5. The van der Waals surface area contributed by atoms with Crippen molar-refractivity contribution in [2.45, 2.75) is 6.61 Å². The molecule has 0 spiro atoms. The molecule has 0 amide bonds. The van der Waals surface area contributed by atoms with Gasteiger partial charge in [0, 0.05) is 7.11 Å². The van der Waals surface area contributed by atoms with E-state index in [-0.39, 0.29) is 71.8 Å². The number of rotatable bonds is 16. The van der Waals surface area contributed by atoms with Crippen molar-refractivity contribution >= 4 is 5.97 Å². The molecule has 0 aliphatic heterocycles. The maximum Gasteiger partial charge on any atom is 0.342 e. The second-order valence-electron chi connectivity index (χ2n) is 9.57. The van der Waals surface area contributed by atoms with Crippen molar-refractivity contribution in [3.8, 4) is 64.3 Å². The third-order valence-corrected chi connectivity index (χ3v) is 6.45. The molecule has 49 heavy (non-hydrogen) atoms. The van der Waals surface area contributed by atoms with Crippen LogP contribution < -0.4 is 37.9 Å². The molecule has 0 unspecified atom stereocenters. The topological polar surface area (TPSA) is 161 Å². The molecule has 15 nitrogen and oxygen atoms in total. The summed E-state index contributed by atoms with van der Waals surface area (Å²) < 4.78 is 56.0. The van der Waals surface area contributed by atoms with Gasteiger partial charge in [-0.3, -0.25) is 0 Å². The molecule has 0 bridgehead atoms. The fraction of sp³-hybridized carbons (Fsp3) is 0.206. The molecule has 0 N–H and O–H groups in total. The molecule has 3 aromatic carbocycles. The molecule has 2 heterocycles. The number of para-hydroxylation sites is 3. The fourth-order valence-corrected chi connectivity index (χ4v) is 4.20. The van der Waals surface area contributed by atoms with E-state index in [0.29, 0.717) is 11.5 Å². The molecular weight excluding hydrogens is 640 g/mol. The van der Waals surface area contributed by atoms with E-state index in [1.807, 2.05) is 30.3 Å². The summed E-state index contributed by atoms with van der Waals surface area (Å²) in [6.07, 6.45) is 0. The third-order valence-electron chi connectivity index (χ3n) is 6.45. The first kappa shape index (κ1) is 34.0. The van der Waals surface area contributed by atoms with Gasteiger partial charge in [0.1, 0.15) is 17.9 Å². The minimum atomic E-state index is -0.603. The van der Waals surface area contributed by atoms with E-state index in [0.717, 1.165) is 5.56 Å². The van der Waals surface area contributed by atoms with Crippen molar-refractivity contribution in [3.63, 3.8) is 0 Å². The Morgan fingerprint density at radius 1 is 0.551 bits per heavy atom. The van der Waals surface area contributed by atoms with Crippen LogP contribution in [0.15, 0.2) is 78.9 Å². The molecule has 0 fully saturated rings. The number of carbonyl (C=O) groups excluding carboxylic acids is 1. The fourth-order valence-electron chi connectivity index (χ4n) is 4.20. The third kappa shape index (κ3) is 8.33. The lowest BCUT2D eigenvalue weighted by atomic mass is 10.2. The maximum absolute atomic E-state index is 13.0. The van der Waals surface area contributed by atoms with Gasteiger partial charge in [-0.05, 0) is 29.8 Å². The molecule has 0 aliphatic rings. The second-order valence-corrected chi connectivity index (χ2v) is 9.57. The van der Waals surface area contributed by atoms with Crippen LogP contribution in [0.4, 0.5) is 0 Å². The highest BCUT2D eigenvalue weighted by Crippen LogP contribution is 2.44. The molecule has 0 aliphatic carbocycles. The second kappa shape index (κ2) is 16.5. The summed E-state index contributed by atoms with van der Waals surface area (Å²) in [6.45, 7) is -0.109. The van der Waals surface area contributed by atoms with E-state index in [1.165, 1.54) is 35.5 Å². The van der Waals surface area contributed by atoms with Crippen molar-refractivity contribution in [1.29, 1.82) is 0 Å². The quantitative estimate of drug-likeness (QED) is 0.0883. The molecule has 254 valence electrons. The van der Waals surface area contributed by atoms with E-state index in [9.17, 15) is 4.79 Å².